The second-order valence-electron chi connectivity index (χ2n) is 4.50. The molecule has 0 saturated carbocycles. The van der Waals surface area contributed by atoms with E-state index < -0.39 is 0 Å². The van der Waals surface area contributed by atoms with Crippen molar-refractivity contribution in [2.45, 2.75) is 25.8 Å². The van der Waals surface area contributed by atoms with E-state index in [0.29, 0.717) is 5.82 Å². The molecule has 1 aliphatic rings. The zero-order chi connectivity index (χ0) is 11.7. The molecule has 0 aromatic carbocycles. The van der Waals surface area contributed by atoms with Crippen molar-refractivity contribution >= 4 is 27.4 Å². The highest BCUT2D eigenvalue weighted by molar-refractivity contribution is 7.16. The smallest absolute Gasteiger partial charge is 0.146 e. The maximum absolute atomic E-state index is 5.94. The molecule has 0 radical (unpaired) electrons. The maximum Gasteiger partial charge on any atom is 0.146 e. The average Bonchev–Trinajstić information content (AvgIpc) is 2.79. The van der Waals surface area contributed by atoms with Crippen LogP contribution in [0.25, 0.3) is 10.2 Å². The largest absolute Gasteiger partial charge is 0.383 e. The second kappa shape index (κ2) is 4.58. The van der Waals surface area contributed by atoms with Crippen LogP contribution in [-0.2, 0) is 6.54 Å². The highest BCUT2D eigenvalue weighted by atomic mass is 32.1. The molecule has 5 heteroatoms. The van der Waals surface area contributed by atoms with Gasteiger partial charge < -0.3 is 5.73 Å². The van der Waals surface area contributed by atoms with Crippen molar-refractivity contribution in [3.63, 3.8) is 0 Å². The molecule has 3 rings (SSSR count). The fourth-order valence-electron chi connectivity index (χ4n) is 2.31. The quantitative estimate of drug-likeness (QED) is 0.885. The number of aromatic nitrogens is 2. The molecular formula is C12H16N4S. The number of hydrogen-bond donors (Lipinski definition) is 1. The summed E-state index contributed by atoms with van der Waals surface area (Å²) in [6, 6.07) is 1.99. The summed E-state index contributed by atoms with van der Waals surface area (Å²) in [5, 5.41) is 3.00. The van der Waals surface area contributed by atoms with Gasteiger partial charge in [0.1, 0.15) is 16.5 Å². The Kier molecular flexibility index (Phi) is 2.94. The first-order valence-corrected chi connectivity index (χ1v) is 6.93. The Labute approximate surface area is 104 Å². The normalized spacial score (nSPS) is 17.6. The van der Waals surface area contributed by atoms with Crippen LogP contribution in [0, 0.1) is 0 Å². The number of nitrogens with zero attached hydrogens (tertiary/aromatic N) is 3. The van der Waals surface area contributed by atoms with Crippen LogP contribution in [0.1, 0.15) is 25.1 Å². The number of likely N-dealkylation sites (tertiary alicyclic amines) is 1. The number of fused-ring (bicyclic) bond motifs is 1. The van der Waals surface area contributed by atoms with Crippen LogP contribution in [0.4, 0.5) is 5.82 Å². The van der Waals surface area contributed by atoms with Crippen LogP contribution >= 0.6 is 11.3 Å². The van der Waals surface area contributed by atoms with E-state index in [0.717, 1.165) is 35.7 Å². The zero-order valence-corrected chi connectivity index (χ0v) is 10.5. The Morgan fingerprint density at radius 2 is 2.06 bits per heavy atom. The summed E-state index contributed by atoms with van der Waals surface area (Å²) in [5.41, 5.74) is 5.94. The number of hydrogen-bond acceptors (Lipinski definition) is 5. The minimum absolute atomic E-state index is 0.614. The summed E-state index contributed by atoms with van der Waals surface area (Å²) in [4.78, 5) is 12.4. The third kappa shape index (κ3) is 2.25. The number of nitrogens with two attached hydrogens (primary N) is 1. The molecule has 1 aliphatic heterocycles. The Morgan fingerprint density at radius 1 is 1.24 bits per heavy atom. The fourth-order valence-corrected chi connectivity index (χ4v) is 3.10. The molecule has 3 heterocycles. The minimum Gasteiger partial charge on any atom is -0.383 e. The summed E-state index contributed by atoms with van der Waals surface area (Å²) in [5.74, 6) is 1.47. The predicted octanol–water partition coefficient (Wildman–Crippen LogP) is 2.26. The van der Waals surface area contributed by atoms with Gasteiger partial charge in [0.05, 0.1) is 11.9 Å². The van der Waals surface area contributed by atoms with E-state index in [9.17, 15) is 0 Å². The molecule has 0 bridgehead atoms. The topological polar surface area (TPSA) is 55.0 Å². The molecule has 0 unspecified atom stereocenters. The first-order chi connectivity index (χ1) is 8.33. The van der Waals surface area contributed by atoms with Crippen molar-refractivity contribution in [3.05, 3.63) is 17.3 Å². The summed E-state index contributed by atoms with van der Waals surface area (Å²) in [7, 11) is 0. The molecule has 0 spiro atoms. The first kappa shape index (κ1) is 10.9. The van der Waals surface area contributed by atoms with Gasteiger partial charge in [0, 0.05) is 0 Å². The van der Waals surface area contributed by atoms with E-state index in [4.69, 9.17) is 5.73 Å². The van der Waals surface area contributed by atoms with Crippen molar-refractivity contribution in [3.8, 4) is 0 Å². The molecule has 0 aliphatic carbocycles. The average molecular weight is 248 g/mol. The zero-order valence-electron chi connectivity index (χ0n) is 9.72. The molecule has 2 aromatic heterocycles. The first-order valence-electron chi connectivity index (χ1n) is 6.05. The Balaban J connectivity index is 1.84. The third-order valence-corrected chi connectivity index (χ3v) is 4.02. The SMILES string of the molecule is Nc1nc(CN2CCCCC2)nc2sccc12. The van der Waals surface area contributed by atoms with E-state index in [1.54, 1.807) is 11.3 Å². The third-order valence-electron chi connectivity index (χ3n) is 3.21. The summed E-state index contributed by atoms with van der Waals surface area (Å²) in [6.07, 6.45) is 3.93. The van der Waals surface area contributed by atoms with Crippen LogP contribution in [0.15, 0.2) is 11.4 Å². The van der Waals surface area contributed by atoms with Crippen LogP contribution < -0.4 is 5.73 Å². The van der Waals surface area contributed by atoms with E-state index in [1.807, 2.05) is 11.4 Å². The van der Waals surface area contributed by atoms with Gasteiger partial charge in [0.25, 0.3) is 0 Å². The predicted molar refractivity (Wildman–Crippen MR) is 71.0 cm³/mol. The van der Waals surface area contributed by atoms with Crippen molar-refractivity contribution < 1.29 is 0 Å². The fraction of sp³-hybridized carbons (Fsp3) is 0.500. The lowest BCUT2D eigenvalue weighted by molar-refractivity contribution is 0.216. The van der Waals surface area contributed by atoms with E-state index in [-0.39, 0.29) is 0 Å². The molecule has 90 valence electrons. The molecular weight excluding hydrogens is 232 g/mol. The highest BCUT2D eigenvalue weighted by Crippen LogP contribution is 2.23. The molecule has 1 fully saturated rings. The van der Waals surface area contributed by atoms with Crippen LogP contribution in [-0.4, -0.2) is 28.0 Å². The Bertz CT molecular complexity index is 516. The van der Waals surface area contributed by atoms with Gasteiger partial charge in [-0.1, -0.05) is 6.42 Å². The van der Waals surface area contributed by atoms with Gasteiger partial charge in [-0.3, -0.25) is 4.90 Å². The van der Waals surface area contributed by atoms with Crippen molar-refractivity contribution in [1.29, 1.82) is 0 Å². The van der Waals surface area contributed by atoms with Crippen molar-refractivity contribution in [2.75, 3.05) is 18.8 Å². The summed E-state index contributed by atoms with van der Waals surface area (Å²) in [6.45, 7) is 3.15. The second-order valence-corrected chi connectivity index (χ2v) is 5.40. The lowest BCUT2D eigenvalue weighted by Crippen LogP contribution is -2.29. The molecule has 0 amide bonds. The Hall–Kier alpha value is -1.20. The molecule has 0 atom stereocenters. The minimum atomic E-state index is 0.614. The molecule has 2 N–H and O–H groups in total. The van der Waals surface area contributed by atoms with Crippen LogP contribution in [0.2, 0.25) is 0 Å². The van der Waals surface area contributed by atoms with Crippen LogP contribution in [0.5, 0.6) is 0 Å². The summed E-state index contributed by atoms with van der Waals surface area (Å²) < 4.78 is 0. The highest BCUT2D eigenvalue weighted by Gasteiger charge is 2.13. The lowest BCUT2D eigenvalue weighted by atomic mass is 10.1. The van der Waals surface area contributed by atoms with E-state index in [1.165, 1.54) is 19.3 Å². The van der Waals surface area contributed by atoms with Crippen molar-refractivity contribution in [1.82, 2.24) is 14.9 Å². The summed E-state index contributed by atoms with van der Waals surface area (Å²) >= 11 is 1.63. The maximum atomic E-state index is 5.94. The van der Waals surface area contributed by atoms with Crippen molar-refractivity contribution in [2.24, 2.45) is 0 Å². The van der Waals surface area contributed by atoms with Gasteiger partial charge >= 0.3 is 0 Å². The number of rotatable bonds is 2. The van der Waals surface area contributed by atoms with E-state index in [2.05, 4.69) is 14.9 Å². The standard InChI is InChI=1S/C12H16N4S/c13-11-9-4-7-17-12(9)15-10(14-11)8-16-5-2-1-3-6-16/h4,7H,1-3,5-6,8H2,(H2,13,14,15). The molecule has 4 nitrogen and oxygen atoms in total. The van der Waals surface area contributed by atoms with Gasteiger partial charge in [0.2, 0.25) is 0 Å². The van der Waals surface area contributed by atoms with E-state index >= 15 is 0 Å². The number of piperidine rings is 1. The van der Waals surface area contributed by atoms with Crippen LogP contribution in [0.3, 0.4) is 0 Å². The van der Waals surface area contributed by atoms with Gasteiger partial charge in [-0.2, -0.15) is 0 Å². The lowest BCUT2D eigenvalue weighted by Gasteiger charge is -2.25. The number of nitrogen functional groups attached to an aromatic ring is 1. The monoisotopic (exact) mass is 248 g/mol. The van der Waals surface area contributed by atoms with Gasteiger partial charge in [-0.25, -0.2) is 9.97 Å². The van der Waals surface area contributed by atoms with Gasteiger partial charge in [-0.15, -0.1) is 11.3 Å². The Morgan fingerprint density at radius 3 is 2.88 bits per heavy atom. The van der Waals surface area contributed by atoms with Gasteiger partial charge in [0.15, 0.2) is 0 Å². The molecule has 2 aromatic rings. The molecule has 17 heavy (non-hydrogen) atoms. The molecule has 1 saturated heterocycles. The number of thiophene rings is 1. The van der Waals surface area contributed by atoms with Gasteiger partial charge in [-0.05, 0) is 37.4 Å². The number of anilines is 1.